The zero-order valence-corrected chi connectivity index (χ0v) is 37.9. The van der Waals surface area contributed by atoms with E-state index in [9.17, 15) is 19.2 Å². The van der Waals surface area contributed by atoms with E-state index >= 15 is 8.78 Å². The molecule has 4 N–H and O–H groups in total. The smallest absolute Gasteiger partial charge is 0.407 e. The van der Waals surface area contributed by atoms with Crippen molar-refractivity contribution in [3.05, 3.63) is 119 Å². The van der Waals surface area contributed by atoms with Crippen LogP contribution >= 0.6 is 0 Å². The summed E-state index contributed by atoms with van der Waals surface area (Å²) < 4.78 is 43.0. The third kappa shape index (κ3) is 7.28. The molecule has 0 unspecified atom stereocenters. The molecule has 346 valence electrons. The number of nitrogens with one attached hydrogen (secondary N) is 4. The van der Waals surface area contributed by atoms with Crippen LogP contribution in [-0.2, 0) is 30.5 Å². The minimum Gasteiger partial charge on any atom is -0.453 e. The maximum Gasteiger partial charge on any atom is 0.407 e. The maximum atomic E-state index is 16.7. The number of benzene rings is 4. The van der Waals surface area contributed by atoms with Crippen LogP contribution < -0.4 is 10.6 Å². The van der Waals surface area contributed by atoms with Crippen LogP contribution in [-0.4, -0.2) is 86.6 Å². The molecule has 2 aliphatic heterocycles. The lowest BCUT2D eigenvalue weighted by Gasteiger charge is -2.44. The fourth-order valence-electron chi connectivity index (χ4n) is 11.1. The first-order valence-corrected chi connectivity index (χ1v) is 22.8. The van der Waals surface area contributed by atoms with Crippen molar-refractivity contribution >= 4 is 35.0 Å². The molecule has 4 aromatic carbocycles. The topological polar surface area (TPSA) is 175 Å². The average molecular weight is 911 g/mol. The number of carbonyl (C=O) groups is 4. The molecule has 0 radical (unpaired) electrons. The fourth-order valence-corrected chi connectivity index (χ4v) is 11.1. The van der Waals surface area contributed by atoms with Gasteiger partial charge in [0.15, 0.2) is 0 Å². The standard InChI is InChI=1S/C51H52F2N8O6/c1-27(2)42(58-48(64)66-4)45(62)60-21-9-12-41(60)44-54-26-40(55-44)31-14-19-35-34-18-13-29(22-36(34)51(52,53)37(35)23-31)30-15-20-38-39(24-30)57-47(56-38)50(3)32-16-17-33(25-32)61(50)46(63)43(59-49(65)67-5)28-10-7-6-8-11-28/h6-8,10-11,13-15,18-20,22-24,26-27,32-33,41-43H,9,12,16-17,21,25H2,1-5H3,(H,54,55)(H,56,57)(H,58,64)(H,59,65)/t32-,33+,41-,42-,43+,50-/m0/s1. The van der Waals surface area contributed by atoms with Gasteiger partial charge in [0.2, 0.25) is 5.91 Å². The number of fused-ring (bicyclic) bond motifs is 6. The highest BCUT2D eigenvalue weighted by molar-refractivity contribution is 5.90. The van der Waals surface area contributed by atoms with E-state index in [1.54, 1.807) is 35.4 Å². The van der Waals surface area contributed by atoms with E-state index in [0.717, 1.165) is 31.2 Å². The first-order valence-electron chi connectivity index (χ1n) is 22.8. The molecule has 2 aromatic heterocycles. The molecule has 16 heteroatoms. The van der Waals surface area contributed by atoms with Crippen molar-refractivity contribution in [3.63, 3.8) is 0 Å². The predicted octanol–water partition coefficient (Wildman–Crippen LogP) is 9.11. The van der Waals surface area contributed by atoms with Gasteiger partial charge in [0.05, 0.1) is 43.2 Å². The van der Waals surface area contributed by atoms with E-state index in [1.165, 1.54) is 20.3 Å². The predicted molar refractivity (Wildman–Crippen MR) is 245 cm³/mol. The van der Waals surface area contributed by atoms with E-state index in [0.29, 0.717) is 69.2 Å². The molecule has 14 nitrogen and oxygen atoms in total. The highest BCUT2D eigenvalue weighted by Crippen LogP contribution is 2.55. The molecule has 4 amide bonds. The highest BCUT2D eigenvalue weighted by atomic mass is 19.3. The van der Waals surface area contributed by atoms with Crippen LogP contribution in [0.15, 0.2) is 91.1 Å². The number of amides is 4. The Morgan fingerprint density at radius 2 is 1.48 bits per heavy atom. The number of carbonyl (C=O) groups excluding carboxylic acids is 4. The minimum absolute atomic E-state index is 0.0378. The Morgan fingerprint density at radius 3 is 2.19 bits per heavy atom. The Kier molecular flexibility index (Phi) is 10.9. The first kappa shape index (κ1) is 43.8. The number of alkyl carbamates (subject to hydrolysis) is 2. The molecule has 6 aromatic rings. The molecule has 2 aliphatic carbocycles. The monoisotopic (exact) mass is 910 g/mol. The van der Waals surface area contributed by atoms with Crippen molar-refractivity contribution in [2.45, 2.75) is 88.5 Å². The summed E-state index contributed by atoms with van der Waals surface area (Å²) in [6.07, 6.45) is 4.19. The molecular formula is C51H52F2N8O6. The van der Waals surface area contributed by atoms with Gasteiger partial charge in [0.25, 0.3) is 11.8 Å². The largest absolute Gasteiger partial charge is 0.453 e. The van der Waals surface area contributed by atoms with Crippen molar-refractivity contribution in [3.8, 4) is 33.5 Å². The Morgan fingerprint density at radius 1 is 0.806 bits per heavy atom. The van der Waals surface area contributed by atoms with Crippen LogP contribution in [0.4, 0.5) is 18.4 Å². The number of aromatic nitrogens is 4. The van der Waals surface area contributed by atoms with Gasteiger partial charge in [-0.1, -0.05) is 74.5 Å². The van der Waals surface area contributed by atoms with Gasteiger partial charge in [-0.15, -0.1) is 0 Å². The number of likely N-dealkylation sites (tertiary alicyclic amines) is 2. The van der Waals surface area contributed by atoms with Gasteiger partial charge in [-0.05, 0) is 103 Å². The van der Waals surface area contributed by atoms with Crippen molar-refractivity contribution in [1.82, 2.24) is 40.4 Å². The number of H-pyrrole nitrogens is 2. The molecule has 3 fully saturated rings. The van der Waals surface area contributed by atoms with Crippen molar-refractivity contribution < 1.29 is 37.4 Å². The van der Waals surface area contributed by atoms with Gasteiger partial charge in [0, 0.05) is 29.3 Å². The summed E-state index contributed by atoms with van der Waals surface area (Å²) in [5.41, 5.74) is 4.34. The Balaban J connectivity index is 0.905. The van der Waals surface area contributed by atoms with E-state index in [2.05, 4.69) is 25.6 Å². The Labute approximate surface area is 385 Å². The summed E-state index contributed by atoms with van der Waals surface area (Å²) >= 11 is 0. The van der Waals surface area contributed by atoms with Crippen LogP contribution in [0.5, 0.6) is 0 Å². The molecule has 4 aliphatic rings. The van der Waals surface area contributed by atoms with Crippen LogP contribution in [0, 0.1) is 11.8 Å². The molecule has 6 atom stereocenters. The van der Waals surface area contributed by atoms with E-state index < -0.39 is 35.7 Å². The summed E-state index contributed by atoms with van der Waals surface area (Å²) in [6, 6.07) is 22.8. The number of ether oxygens (including phenoxy) is 2. The third-order valence-electron chi connectivity index (χ3n) is 14.6. The molecule has 10 rings (SSSR count). The van der Waals surface area contributed by atoms with Gasteiger partial charge < -0.3 is 39.9 Å². The Bertz CT molecular complexity index is 2930. The number of imidazole rings is 2. The van der Waals surface area contributed by atoms with Crippen molar-refractivity contribution in [2.75, 3.05) is 20.8 Å². The summed E-state index contributed by atoms with van der Waals surface area (Å²) in [4.78, 5) is 73.0. The highest BCUT2D eigenvalue weighted by Gasteiger charge is 2.59. The summed E-state index contributed by atoms with van der Waals surface area (Å²) in [5, 5.41) is 5.42. The van der Waals surface area contributed by atoms with Crippen molar-refractivity contribution in [2.24, 2.45) is 11.8 Å². The zero-order valence-electron chi connectivity index (χ0n) is 37.9. The molecule has 67 heavy (non-hydrogen) atoms. The first-order chi connectivity index (χ1) is 32.2. The van der Waals surface area contributed by atoms with Gasteiger partial charge in [-0.2, -0.15) is 8.78 Å². The van der Waals surface area contributed by atoms with E-state index in [-0.39, 0.29) is 46.9 Å². The number of nitrogens with zero attached hydrogens (tertiary/aromatic N) is 4. The van der Waals surface area contributed by atoms with Gasteiger partial charge >= 0.3 is 12.2 Å². The lowest BCUT2D eigenvalue weighted by atomic mass is 9.83. The van der Waals surface area contributed by atoms with Gasteiger partial charge in [0.1, 0.15) is 29.3 Å². The van der Waals surface area contributed by atoms with Crippen LogP contribution in [0.1, 0.15) is 93.3 Å². The zero-order chi connectivity index (χ0) is 46.9. The van der Waals surface area contributed by atoms with E-state index in [1.807, 2.05) is 80.3 Å². The number of halogens is 2. The molecule has 4 heterocycles. The molecule has 2 saturated heterocycles. The molecular weight excluding hydrogens is 859 g/mol. The third-order valence-corrected chi connectivity index (χ3v) is 14.6. The number of alkyl halides is 2. The second-order valence-corrected chi connectivity index (χ2v) is 18.6. The number of rotatable bonds is 10. The van der Waals surface area contributed by atoms with Gasteiger partial charge in [-0.25, -0.2) is 19.6 Å². The number of piperidine rings is 1. The Hall–Kier alpha value is -7.10. The van der Waals surface area contributed by atoms with Crippen LogP contribution in [0.2, 0.25) is 0 Å². The lowest BCUT2D eigenvalue weighted by molar-refractivity contribution is -0.143. The summed E-state index contributed by atoms with van der Waals surface area (Å²) in [5.74, 6) is -2.67. The number of hydrogen-bond acceptors (Lipinski definition) is 8. The summed E-state index contributed by atoms with van der Waals surface area (Å²) in [6.45, 7) is 6.23. The van der Waals surface area contributed by atoms with Gasteiger partial charge in [-0.3, -0.25) is 9.59 Å². The summed E-state index contributed by atoms with van der Waals surface area (Å²) in [7, 11) is 2.52. The number of hydrogen-bond donors (Lipinski definition) is 4. The number of methoxy groups -OCH3 is 2. The number of aromatic amines is 2. The van der Waals surface area contributed by atoms with Crippen molar-refractivity contribution in [1.29, 1.82) is 0 Å². The molecule has 0 spiro atoms. The average Bonchev–Trinajstić information content (AvgIpc) is 4.21. The maximum absolute atomic E-state index is 16.7. The fraction of sp³-hybridized carbons (Fsp3) is 0.373. The van der Waals surface area contributed by atoms with Crippen LogP contribution in [0.25, 0.3) is 44.5 Å². The molecule has 1 saturated carbocycles. The normalized spacial score (nSPS) is 22.1. The molecule has 2 bridgehead atoms. The second kappa shape index (κ2) is 16.7. The minimum atomic E-state index is -3.30. The second-order valence-electron chi connectivity index (χ2n) is 18.6. The lowest BCUT2D eigenvalue weighted by Crippen LogP contribution is -2.55. The van der Waals surface area contributed by atoms with Crippen LogP contribution in [0.3, 0.4) is 0 Å². The SMILES string of the molecule is COC(=O)N[C@H](C(=O)N1CCC[C@H]1c1ncc(-c2ccc3c(c2)C(F)(F)c2cc(-c4ccc5nc([C@]6(C)[C@H]7CC[C@H](C7)N6C(=O)[C@H](NC(=O)OC)c6ccccc6)[nH]c5c4)ccc2-3)[nH]1)C(C)C. The quantitative estimate of drug-likeness (QED) is 0.105. The van der Waals surface area contributed by atoms with E-state index in [4.69, 9.17) is 14.5 Å².